The zero-order valence-corrected chi connectivity index (χ0v) is 20.1. The number of carbonyl (C=O) groups is 1. The normalized spacial score (nSPS) is 24.1. The van der Waals surface area contributed by atoms with E-state index in [2.05, 4.69) is 40.2 Å². The van der Waals surface area contributed by atoms with E-state index in [0.717, 1.165) is 44.5 Å². The predicted octanol–water partition coefficient (Wildman–Crippen LogP) is 4.31. The number of benzene rings is 2. The SMILES string of the molecule is CN1C(=O)C(C)(C)[C@@](C)(c2cc(CC3CCN(Cc4ccccc4)CC3)ccc2F)N=C1N. The Bertz CT molecular complexity index is 1040. The highest BCUT2D eigenvalue weighted by molar-refractivity contribution is 6.01. The Balaban J connectivity index is 1.49. The number of aliphatic imine (C=N–C) groups is 1. The molecule has 1 saturated heterocycles. The summed E-state index contributed by atoms with van der Waals surface area (Å²) < 4.78 is 15.1. The average molecular weight is 451 g/mol. The Morgan fingerprint density at radius 1 is 1.06 bits per heavy atom. The summed E-state index contributed by atoms with van der Waals surface area (Å²) in [5, 5.41) is 0. The quantitative estimate of drug-likeness (QED) is 0.738. The number of rotatable bonds is 5. The summed E-state index contributed by atoms with van der Waals surface area (Å²) >= 11 is 0. The van der Waals surface area contributed by atoms with Gasteiger partial charge in [-0.15, -0.1) is 0 Å². The fourth-order valence-corrected chi connectivity index (χ4v) is 5.17. The molecule has 0 spiro atoms. The number of halogens is 1. The first-order chi connectivity index (χ1) is 15.6. The minimum Gasteiger partial charge on any atom is -0.369 e. The third-order valence-electron chi connectivity index (χ3n) is 7.77. The van der Waals surface area contributed by atoms with E-state index >= 15 is 4.39 Å². The summed E-state index contributed by atoms with van der Waals surface area (Å²) in [5.41, 5.74) is 6.92. The van der Waals surface area contributed by atoms with Crippen LogP contribution in [0.1, 0.15) is 50.3 Å². The summed E-state index contributed by atoms with van der Waals surface area (Å²) in [6, 6.07) is 15.9. The second kappa shape index (κ2) is 8.90. The highest BCUT2D eigenvalue weighted by atomic mass is 19.1. The van der Waals surface area contributed by atoms with Crippen LogP contribution in [0.15, 0.2) is 53.5 Å². The lowest BCUT2D eigenvalue weighted by Crippen LogP contribution is -2.58. The van der Waals surface area contributed by atoms with Crippen LogP contribution in [0, 0.1) is 17.2 Å². The van der Waals surface area contributed by atoms with Gasteiger partial charge in [0.2, 0.25) is 5.91 Å². The van der Waals surface area contributed by atoms with Crippen molar-refractivity contribution in [1.82, 2.24) is 9.80 Å². The molecule has 0 unspecified atom stereocenters. The molecule has 5 nitrogen and oxygen atoms in total. The molecule has 0 saturated carbocycles. The summed E-state index contributed by atoms with van der Waals surface area (Å²) in [6.45, 7) is 8.57. The second-order valence-electron chi connectivity index (χ2n) is 10.3. The van der Waals surface area contributed by atoms with Crippen molar-refractivity contribution in [2.75, 3.05) is 20.1 Å². The maximum Gasteiger partial charge on any atom is 0.237 e. The lowest BCUT2D eigenvalue weighted by atomic mass is 9.67. The summed E-state index contributed by atoms with van der Waals surface area (Å²) in [4.78, 5) is 21.4. The number of carbonyl (C=O) groups excluding carboxylic acids is 1. The van der Waals surface area contributed by atoms with Crippen molar-refractivity contribution in [1.29, 1.82) is 0 Å². The molecule has 6 heteroatoms. The van der Waals surface area contributed by atoms with Gasteiger partial charge in [0.25, 0.3) is 0 Å². The molecule has 0 bridgehead atoms. The molecule has 0 aliphatic carbocycles. The first-order valence-corrected chi connectivity index (χ1v) is 11.8. The minimum absolute atomic E-state index is 0.123. The molecule has 33 heavy (non-hydrogen) atoms. The minimum atomic E-state index is -1.07. The molecule has 2 aromatic rings. The van der Waals surface area contributed by atoms with Crippen LogP contribution in [-0.2, 0) is 23.3 Å². The molecule has 2 aliphatic heterocycles. The standard InChI is InChI=1S/C27H35FN4O/c1-26(2)24(33)31(4)25(29)30-27(26,3)22-17-21(10-11-23(22)28)16-19-12-14-32(15-13-19)18-20-8-6-5-7-9-20/h5-11,17,19H,12-16,18H2,1-4H3,(H2,29,30)/t27-/m1/s1. The van der Waals surface area contributed by atoms with Gasteiger partial charge in [0, 0.05) is 19.2 Å². The number of guanidine groups is 1. The van der Waals surface area contributed by atoms with Crippen molar-refractivity contribution in [3.63, 3.8) is 0 Å². The van der Waals surface area contributed by atoms with Gasteiger partial charge >= 0.3 is 0 Å². The zero-order chi connectivity index (χ0) is 23.8. The Morgan fingerprint density at radius 2 is 1.73 bits per heavy atom. The van der Waals surface area contributed by atoms with E-state index in [4.69, 9.17) is 5.73 Å². The number of hydrogen-bond acceptors (Lipinski definition) is 4. The van der Waals surface area contributed by atoms with Crippen molar-refractivity contribution in [3.05, 3.63) is 71.0 Å². The van der Waals surface area contributed by atoms with Crippen molar-refractivity contribution < 1.29 is 9.18 Å². The van der Waals surface area contributed by atoms with E-state index in [-0.39, 0.29) is 17.7 Å². The zero-order valence-electron chi connectivity index (χ0n) is 20.1. The lowest BCUT2D eigenvalue weighted by molar-refractivity contribution is -0.140. The topological polar surface area (TPSA) is 61.9 Å². The number of piperidine rings is 1. The number of hydrogen-bond donors (Lipinski definition) is 1. The highest BCUT2D eigenvalue weighted by Gasteiger charge is 2.53. The van der Waals surface area contributed by atoms with Crippen LogP contribution in [0.3, 0.4) is 0 Å². The van der Waals surface area contributed by atoms with E-state index < -0.39 is 11.0 Å². The predicted molar refractivity (Wildman–Crippen MR) is 130 cm³/mol. The summed E-state index contributed by atoms with van der Waals surface area (Å²) in [6.07, 6.45) is 3.14. The smallest absolute Gasteiger partial charge is 0.237 e. The molecule has 0 aromatic heterocycles. The Morgan fingerprint density at radius 3 is 2.39 bits per heavy atom. The number of likely N-dealkylation sites (tertiary alicyclic amines) is 1. The van der Waals surface area contributed by atoms with Crippen LogP contribution in [0.5, 0.6) is 0 Å². The van der Waals surface area contributed by atoms with E-state index in [0.29, 0.717) is 11.5 Å². The second-order valence-corrected chi connectivity index (χ2v) is 10.3. The molecule has 2 heterocycles. The first-order valence-electron chi connectivity index (χ1n) is 11.8. The molecule has 2 aromatic carbocycles. The Kier molecular flexibility index (Phi) is 6.32. The average Bonchev–Trinajstić information content (AvgIpc) is 2.80. The van der Waals surface area contributed by atoms with Gasteiger partial charge in [-0.05, 0) is 76.2 Å². The van der Waals surface area contributed by atoms with Crippen LogP contribution < -0.4 is 5.73 Å². The summed E-state index contributed by atoms with van der Waals surface area (Å²) in [5.74, 6) is 0.176. The molecule has 2 N–H and O–H groups in total. The molecule has 1 atom stereocenters. The fraction of sp³-hybridized carbons (Fsp3) is 0.481. The van der Waals surface area contributed by atoms with E-state index in [1.807, 2.05) is 32.9 Å². The van der Waals surface area contributed by atoms with Crippen LogP contribution in [0.4, 0.5) is 4.39 Å². The maximum atomic E-state index is 15.1. The van der Waals surface area contributed by atoms with Crippen LogP contribution in [-0.4, -0.2) is 41.8 Å². The molecule has 0 radical (unpaired) electrons. The summed E-state index contributed by atoms with van der Waals surface area (Å²) in [7, 11) is 1.61. The lowest BCUT2D eigenvalue weighted by Gasteiger charge is -2.46. The van der Waals surface area contributed by atoms with E-state index in [1.54, 1.807) is 7.05 Å². The molecule has 1 fully saturated rings. The van der Waals surface area contributed by atoms with E-state index in [9.17, 15) is 4.79 Å². The van der Waals surface area contributed by atoms with Crippen LogP contribution in [0.2, 0.25) is 0 Å². The molecular weight excluding hydrogens is 415 g/mol. The van der Waals surface area contributed by atoms with Crippen molar-refractivity contribution in [2.45, 2.75) is 52.1 Å². The van der Waals surface area contributed by atoms with Gasteiger partial charge in [-0.25, -0.2) is 9.38 Å². The largest absolute Gasteiger partial charge is 0.369 e. The van der Waals surface area contributed by atoms with Crippen molar-refractivity contribution in [3.8, 4) is 0 Å². The van der Waals surface area contributed by atoms with Gasteiger partial charge in [0.1, 0.15) is 11.4 Å². The molecule has 2 aliphatic rings. The van der Waals surface area contributed by atoms with Crippen LogP contribution in [0.25, 0.3) is 0 Å². The van der Waals surface area contributed by atoms with Crippen molar-refractivity contribution >= 4 is 11.9 Å². The molecule has 1 amide bonds. The third-order valence-corrected chi connectivity index (χ3v) is 7.77. The number of nitrogens with two attached hydrogens (primary N) is 1. The van der Waals surface area contributed by atoms with E-state index in [1.165, 1.54) is 16.5 Å². The molecular formula is C27H35FN4O. The van der Waals surface area contributed by atoms with Gasteiger partial charge in [0.15, 0.2) is 5.96 Å². The van der Waals surface area contributed by atoms with Gasteiger partial charge in [0.05, 0.1) is 5.41 Å². The maximum absolute atomic E-state index is 15.1. The molecule has 176 valence electrons. The van der Waals surface area contributed by atoms with Gasteiger partial charge in [-0.1, -0.05) is 42.5 Å². The van der Waals surface area contributed by atoms with Crippen LogP contribution >= 0.6 is 0 Å². The highest BCUT2D eigenvalue weighted by Crippen LogP contribution is 2.47. The number of amides is 1. The van der Waals surface area contributed by atoms with Crippen molar-refractivity contribution in [2.24, 2.45) is 22.1 Å². The Labute approximate surface area is 196 Å². The molecule has 4 rings (SSSR count). The van der Waals surface area contributed by atoms with Gasteiger partial charge in [-0.2, -0.15) is 0 Å². The first kappa shape index (κ1) is 23.4. The Hall–Kier alpha value is -2.73. The van der Waals surface area contributed by atoms with Gasteiger partial charge < -0.3 is 5.73 Å². The third kappa shape index (κ3) is 4.41. The fourth-order valence-electron chi connectivity index (χ4n) is 5.17. The number of nitrogens with zero attached hydrogens (tertiary/aromatic N) is 3. The monoisotopic (exact) mass is 450 g/mol. The van der Waals surface area contributed by atoms with Gasteiger partial charge in [-0.3, -0.25) is 14.6 Å².